The molecule has 0 saturated heterocycles. The van der Waals surface area contributed by atoms with Gasteiger partial charge >= 0.3 is 11.9 Å². The Morgan fingerprint density at radius 3 is 2.10 bits per heavy atom. The van der Waals surface area contributed by atoms with Crippen molar-refractivity contribution < 1.29 is 29.3 Å². The van der Waals surface area contributed by atoms with Crippen molar-refractivity contribution in [3.8, 4) is 0 Å². The fourth-order valence-electron chi connectivity index (χ4n) is 2.74. The van der Waals surface area contributed by atoms with Crippen molar-refractivity contribution in [2.45, 2.75) is 57.7 Å². The number of aliphatic hydroxyl groups is 2. The summed E-state index contributed by atoms with van der Waals surface area (Å²) in [6, 6.07) is 0. The van der Waals surface area contributed by atoms with Gasteiger partial charge in [-0.15, -0.1) is 0 Å². The van der Waals surface area contributed by atoms with Crippen LogP contribution in [0, 0.1) is 5.92 Å². The average molecular weight is 288 g/mol. The Kier molecular flexibility index (Phi) is 5.53. The number of carbonyl (C=O) groups is 2. The van der Waals surface area contributed by atoms with Crippen molar-refractivity contribution >= 4 is 11.9 Å². The number of carbonyl (C=O) groups excluding carboxylic acids is 2. The number of esters is 2. The van der Waals surface area contributed by atoms with Gasteiger partial charge in [-0.3, -0.25) is 0 Å². The molecule has 0 amide bonds. The molecular formula is C14H24O6. The molecule has 20 heavy (non-hydrogen) atoms. The summed E-state index contributed by atoms with van der Waals surface area (Å²) in [5.74, 6) is -1.09. The van der Waals surface area contributed by atoms with Gasteiger partial charge in [-0.2, -0.15) is 0 Å². The third kappa shape index (κ3) is 4.45. The molecule has 0 unspecified atom stereocenters. The Morgan fingerprint density at radius 2 is 1.65 bits per heavy atom. The van der Waals surface area contributed by atoms with E-state index in [4.69, 9.17) is 19.7 Å². The Morgan fingerprint density at radius 1 is 1.15 bits per heavy atom. The van der Waals surface area contributed by atoms with E-state index < -0.39 is 36.4 Å². The second-order valence-electron chi connectivity index (χ2n) is 6.09. The zero-order valence-electron chi connectivity index (χ0n) is 12.3. The monoisotopic (exact) mass is 288 g/mol. The van der Waals surface area contributed by atoms with Crippen molar-refractivity contribution in [3.05, 3.63) is 0 Å². The summed E-state index contributed by atoms with van der Waals surface area (Å²) in [4.78, 5) is 22.4. The molecule has 0 aromatic heterocycles. The van der Waals surface area contributed by atoms with Crippen LogP contribution in [0.15, 0.2) is 0 Å². The van der Waals surface area contributed by atoms with Crippen molar-refractivity contribution in [1.29, 1.82) is 0 Å². The van der Waals surface area contributed by atoms with E-state index in [2.05, 4.69) is 0 Å². The molecule has 0 aliphatic heterocycles. The highest BCUT2D eigenvalue weighted by atomic mass is 16.6. The van der Waals surface area contributed by atoms with Crippen molar-refractivity contribution in [2.75, 3.05) is 13.2 Å². The predicted octanol–water partition coefficient (Wildman–Crippen LogP) is 0.785. The maximum absolute atomic E-state index is 11.2. The SMILES string of the molecule is CC1(OC(=O)CO)CCC(C(C)(C)OC(=O)CO)CC1. The van der Waals surface area contributed by atoms with Gasteiger partial charge in [0, 0.05) is 0 Å². The third-order valence-electron chi connectivity index (χ3n) is 4.02. The third-order valence-corrected chi connectivity index (χ3v) is 4.02. The Bertz CT molecular complexity index is 355. The van der Waals surface area contributed by atoms with Crippen LogP contribution in [0.2, 0.25) is 0 Å². The Balaban J connectivity index is 2.56. The highest BCUT2D eigenvalue weighted by molar-refractivity contribution is 5.71. The van der Waals surface area contributed by atoms with Crippen LogP contribution < -0.4 is 0 Å². The molecule has 1 fully saturated rings. The fraction of sp³-hybridized carbons (Fsp3) is 0.857. The normalized spacial score (nSPS) is 26.9. The van der Waals surface area contributed by atoms with E-state index in [9.17, 15) is 9.59 Å². The molecule has 2 N–H and O–H groups in total. The van der Waals surface area contributed by atoms with E-state index >= 15 is 0 Å². The molecule has 1 rings (SSSR count). The largest absolute Gasteiger partial charge is 0.458 e. The summed E-state index contributed by atoms with van der Waals surface area (Å²) in [7, 11) is 0. The van der Waals surface area contributed by atoms with Crippen LogP contribution in [0.3, 0.4) is 0 Å². The fourth-order valence-corrected chi connectivity index (χ4v) is 2.74. The van der Waals surface area contributed by atoms with Gasteiger partial charge in [0.2, 0.25) is 0 Å². The molecule has 1 saturated carbocycles. The molecule has 0 aromatic carbocycles. The van der Waals surface area contributed by atoms with Gasteiger partial charge in [-0.1, -0.05) is 0 Å². The van der Waals surface area contributed by atoms with Crippen LogP contribution in [-0.2, 0) is 19.1 Å². The van der Waals surface area contributed by atoms with Crippen LogP contribution in [0.4, 0.5) is 0 Å². The van der Waals surface area contributed by atoms with Gasteiger partial charge in [0.05, 0.1) is 0 Å². The number of rotatable bonds is 5. The number of hydrogen-bond acceptors (Lipinski definition) is 6. The summed E-state index contributed by atoms with van der Waals surface area (Å²) < 4.78 is 10.5. The van der Waals surface area contributed by atoms with E-state index in [1.54, 1.807) is 0 Å². The molecule has 6 nitrogen and oxygen atoms in total. The van der Waals surface area contributed by atoms with Gasteiger partial charge in [-0.25, -0.2) is 9.59 Å². The number of aliphatic hydroxyl groups excluding tert-OH is 2. The van der Waals surface area contributed by atoms with Crippen molar-refractivity contribution in [3.63, 3.8) is 0 Å². The minimum Gasteiger partial charge on any atom is -0.458 e. The molecule has 0 bridgehead atoms. The highest BCUT2D eigenvalue weighted by Crippen LogP contribution is 2.40. The molecule has 6 heteroatoms. The first kappa shape index (κ1) is 16.9. The quantitative estimate of drug-likeness (QED) is 0.726. The summed E-state index contributed by atoms with van der Waals surface area (Å²) in [6.07, 6.45) is 2.81. The molecule has 116 valence electrons. The first-order chi connectivity index (χ1) is 9.22. The van der Waals surface area contributed by atoms with Gasteiger partial charge in [0.15, 0.2) is 0 Å². The first-order valence-electron chi connectivity index (χ1n) is 6.88. The summed E-state index contributed by atoms with van der Waals surface area (Å²) in [5.41, 5.74) is -1.21. The van der Waals surface area contributed by atoms with Crippen molar-refractivity contribution in [2.24, 2.45) is 5.92 Å². The number of hydrogen-bond donors (Lipinski definition) is 2. The van der Waals surface area contributed by atoms with Crippen molar-refractivity contribution in [1.82, 2.24) is 0 Å². The second kappa shape index (κ2) is 6.54. The van der Waals surface area contributed by atoms with Gasteiger partial charge in [0.1, 0.15) is 24.4 Å². The van der Waals surface area contributed by atoms with E-state index in [1.807, 2.05) is 20.8 Å². The first-order valence-corrected chi connectivity index (χ1v) is 6.88. The van der Waals surface area contributed by atoms with Crippen LogP contribution in [-0.4, -0.2) is 46.6 Å². The van der Waals surface area contributed by atoms with E-state index in [0.29, 0.717) is 12.8 Å². The molecule has 1 aliphatic carbocycles. The lowest BCUT2D eigenvalue weighted by Gasteiger charge is -2.42. The van der Waals surface area contributed by atoms with Crippen LogP contribution in [0.25, 0.3) is 0 Å². The lowest BCUT2D eigenvalue weighted by Crippen LogP contribution is -2.44. The molecule has 0 heterocycles. The Hall–Kier alpha value is -1.14. The summed E-state index contributed by atoms with van der Waals surface area (Å²) in [6.45, 7) is 4.27. The predicted molar refractivity (Wildman–Crippen MR) is 70.8 cm³/mol. The lowest BCUT2D eigenvalue weighted by atomic mass is 9.73. The molecule has 0 spiro atoms. The summed E-state index contributed by atoms with van der Waals surface area (Å²) in [5, 5.41) is 17.5. The Labute approximate surface area is 119 Å². The molecule has 0 aromatic rings. The molecule has 0 radical (unpaired) electrons. The zero-order chi connectivity index (χ0) is 15.4. The molecular weight excluding hydrogens is 264 g/mol. The second-order valence-corrected chi connectivity index (χ2v) is 6.09. The lowest BCUT2D eigenvalue weighted by molar-refractivity contribution is -0.174. The molecule has 1 aliphatic rings. The zero-order valence-corrected chi connectivity index (χ0v) is 12.3. The minimum atomic E-state index is -0.651. The van der Waals surface area contributed by atoms with Crippen LogP contribution in [0.5, 0.6) is 0 Å². The average Bonchev–Trinajstić information content (AvgIpc) is 2.38. The van der Waals surface area contributed by atoms with Gasteiger partial charge < -0.3 is 19.7 Å². The maximum atomic E-state index is 11.2. The summed E-state index contributed by atoms with van der Waals surface area (Å²) >= 11 is 0. The van der Waals surface area contributed by atoms with Crippen LogP contribution in [0.1, 0.15) is 46.5 Å². The topological polar surface area (TPSA) is 93.1 Å². The van der Waals surface area contributed by atoms with Gasteiger partial charge in [0.25, 0.3) is 0 Å². The highest BCUT2D eigenvalue weighted by Gasteiger charge is 2.41. The van der Waals surface area contributed by atoms with Gasteiger partial charge in [-0.05, 0) is 52.4 Å². The van der Waals surface area contributed by atoms with E-state index in [0.717, 1.165) is 12.8 Å². The maximum Gasteiger partial charge on any atom is 0.332 e. The standard InChI is InChI=1S/C14H24O6/c1-13(2,19-11(17)8-15)10-4-6-14(3,7-5-10)20-12(18)9-16/h10,15-16H,4-9H2,1-3H3. The minimum absolute atomic E-state index is 0.152. The smallest absolute Gasteiger partial charge is 0.332 e. The number of ether oxygens (including phenoxy) is 2. The van der Waals surface area contributed by atoms with E-state index in [-0.39, 0.29) is 5.92 Å². The van der Waals surface area contributed by atoms with E-state index in [1.165, 1.54) is 0 Å². The van der Waals surface area contributed by atoms with Crippen LogP contribution >= 0.6 is 0 Å². The molecule has 0 atom stereocenters.